The van der Waals surface area contributed by atoms with Crippen LogP contribution >= 0.6 is 0 Å². The molecule has 4 heteroatoms. The third-order valence-corrected chi connectivity index (χ3v) is 5.62. The van der Waals surface area contributed by atoms with Gasteiger partial charge in [0.1, 0.15) is 23.4 Å². The summed E-state index contributed by atoms with van der Waals surface area (Å²) in [5.74, 6) is 1.86. The number of hydrogen-bond donors (Lipinski definition) is 0. The number of ether oxygens (including phenoxy) is 3. The Morgan fingerprint density at radius 2 is 1.69 bits per heavy atom. The number of esters is 1. The predicted molar refractivity (Wildman–Crippen MR) is 129 cm³/mol. The molecule has 4 nitrogen and oxygen atoms in total. The maximum atomic E-state index is 11.3. The van der Waals surface area contributed by atoms with E-state index in [0.717, 1.165) is 41.9 Å². The fourth-order valence-corrected chi connectivity index (χ4v) is 3.88. The maximum absolute atomic E-state index is 11.3. The lowest BCUT2D eigenvalue weighted by molar-refractivity contribution is -0.131. The molecule has 0 saturated carbocycles. The van der Waals surface area contributed by atoms with Gasteiger partial charge in [-0.2, -0.15) is 0 Å². The molecule has 0 bridgehead atoms. The first kappa shape index (κ1) is 23.4. The van der Waals surface area contributed by atoms with Crippen LogP contribution in [0.3, 0.4) is 0 Å². The Labute approximate surface area is 191 Å². The Kier molecular flexibility index (Phi) is 7.93. The molecule has 32 heavy (non-hydrogen) atoms. The van der Waals surface area contributed by atoms with Gasteiger partial charge in [0, 0.05) is 6.92 Å². The van der Waals surface area contributed by atoms with Crippen LogP contribution in [0.2, 0.25) is 0 Å². The Morgan fingerprint density at radius 1 is 0.969 bits per heavy atom. The monoisotopic (exact) mass is 432 g/mol. The summed E-state index contributed by atoms with van der Waals surface area (Å²) in [5.41, 5.74) is 5.62. The van der Waals surface area contributed by atoms with Crippen molar-refractivity contribution in [3.05, 3.63) is 77.4 Å². The normalized spacial score (nSPS) is 11.7. The largest absolute Gasteiger partial charge is 0.497 e. The van der Waals surface area contributed by atoms with Crippen molar-refractivity contribution in [2.24, 2.45) is 0 Å². The molecule has 1 unspecified atom stereocenters. The van der Waals surface area contributed by atoms with Crippen molar-refractivity contribution in [2.75, 3.05) is 7.11 Å². The molecule has 3 aromatic rings. The first-order valence-corrected chi connectivity index (χ1v) is 11.1. The number of carbonyl (C=O) groups is 1. The van der Waals surface area contributed by atoms with E-state index in [1.807, 2.05) is 31.2 Å². The molecule has 168 valence electrons. The van der Waals surface area contributed by atoms with Gasteiger partial charge in [-0.15, -0.1) is 0 Å². The molecule has 0 radical (unpaired) electrons. The highest BCUT2D eigenvalue weighted by atomic mass is 16.5. The van der Waals surface area contributed by atoms with Gasteiger partial charge in [-0.25, -0.2) is 0 Å². The first-order valence-electron chi connectivity index (χ1n) is 11.1. The second-order valence-electron chi connectivity index (χ2n) is 8.02. The van der Waals surface area contributed by atoms with Gasteiger partial charge in [0.15, 0.2) is 0 Å². The molecule has 1 atom stereocenters. The van der Waals surface area contributed by atoms with E-state index in [9.17, 15) is 4.79 Å². The number of aryl methyl sites for hydroxylation is 1. The second kappa shape index (κ2) is 10.9. The summed E-state index contributed by atoms with van der Waals surface area (Å²) in [6.45, 7) is 7.67. The third kappa shape index (κ3) is 5.70. The Balaban J connectivity index is 1.92. The summed E-state index contributed by atoms with van der Waals surface area (Å²) < 4.78 is 17.0. The molecule has 0 aromatic heterocycles. The topological polar surface area (TPSA) is 44.8 Å². The van der Waals surface area contributed by atoms with Crippen LogP contribution in [0.1, 0.15) is 55.9 Å². The van der Waals surface area contributed by atoms with Gasteiger partial charge in [0.25, 0.3) is 0 Å². The highest BCUT2D eigenvalue weighted by Gasteiger charge is 2.18. The van der Waals surface area contributed by atoms with Gasteiger partial charge in [-0.3, -0.25) is 4.79 Å². The summed E-state index contributed by atoms with van der Waals surface area (Å²) in [5, 5.41) is 0. The molecule has 0 aliphatic carbocycles. The fraction of sp³-hybridized carbons (Fsp3) is 0.321. The van der Waals surface area contributed by atoms with Crippen molar-refractivity contribution in [1.82, 2.24) is 0 Å². The van der Waals surface area contributed by atoms with E-state index >= 15 is 0 Å². The van der Waals surface area contributed by atoms with E-state index in [4.69, 9.17) is 14.2 Å². The third-order valence-electron chi connectivity index (χ3n) is 5.62. The molecule has 0 saturated heterocycles. The van der Waals surface area contributed by atoms with Crippen LogP contribution < -0.4 is 14.2 Å². The summed E-state index contributed by atoms with van der Waals surface area (Å²) in [6, 6.07) is 20.1. The van der Waals surface area contributed by atoms with E-state index < -0.39 is 0 Å². The van der Waals surface area contributed by atoms with Crippen molar-refractivity contribution < 1.29 is 19.0 Å². The molecular weight excluding hydrogens is 400 g/mol. The number of carbonyl (C=O) groups excluding carboxylic acids is 1. The number of unbranched alkanes of at least 4 members (excludes halogenated alkanes) is 1. The van der Waals surface area contributed by atoms with Gasteiger partial charge in [-0.05, 0) is 84.8 Å². The van der Waals surface area contributed by atoms with Crippen LogP contribution in [0.4, 0.5) is 0 Å². The van der Waals surface area contributed by atoms with E-state index in [2.05, 4.69) is 44.2 Å². The van der Waals surface area contributed by atoms with Gasteiger partial charge in [0.05, 0.1) is 7.11 Å². The molecule has 0 fully saturated rings. The van der Waals surface area contributed by atoms with Gasteiger partial charge in [0.2, 0.25) is 0 Å². The van der Waals surface area contributed by atoms with Crippen molar-refractivity contribution >= 4 is 5.97 Å². The van der Waals surface area contributed by atoms with Gasteiger partial charge in [-0.1, -0.05) is 43.7 Å². The van der Waals surface area contributed by atoms with E-state index in [1.54, 1.807) is 13.2 Å². The summed E-state index contributed by atoms with van der Waals surface area (Å²) in [7, 11) is 1.68. The molecule has 0 aliphatic heterocycles. The SMILES string of the molecule is CCCCC(Oc1ccc(OC(C)=O)c(C)c1)c1cccc(-c2ccc(OC)cc2)c1C. The lowest BCUT2D eigenvalue weighted by Crippen LogP contribution is -2.10. The van der Waals surface area contributed by atoms with Crippen molar-refractivity contribution in [3.63, 3.8) is 0 Å². The standard InChI is InChI=1S/C28H32O4/c1-6-7-11-28(32-24-16-17-27(19(2)18-24)31-21(4)29)26-10-8-9-25(20(26)3)22-12-14-23(30-5)15-13-22/h8-10,12-18,28H,6-7,11H2,1-5H3. The number of rotatable bonds is 9. The number of hydrogen-bond acceptors (Lipinski definition) is 4. The molecule has 0 aliphatic rings. The quantitative estimate of drug-likeness (QED) is 0.265. The van der Waals surface area contributed by atoms with Crippen molar-refractivity contribution in [3.8, 4) is 28.4 Å². The minimum absolute atomic E-state index is 0.0628. The van der Waals surface area contributed by atoms with Crippen LogP contribution in [0.25, 0.3) is 11.1 Å². The molecular formula is C28H32O4. The summed E-state index contributed by atoms with van der Waals surface area (Å²) in [6.07, 6.45) is 3.03. The highest BCUT2D eigenvalue weighted by molar-refractivity contribution is 5.70. The minimum atomic E-state index is -0.325. The Morgan fingerprint density at radius 3 is 2.31 bits per heavy atom. The predicted octanol–water partition coefficient (Wildman–Crippen LogP) is 7.21. The average molecular weight is 433 g/mol. The molecule has 0 N–H and O–H groups in total. The summed E-state index contributed by atoms with van der Waals surface area (Å²) in [4.78, 5) is 11.3. The van der Waals surface area contributed by atoms with Gasteiger partial charge < -0.3 is 14.2 Å². The maximum Gasteiger partial charge on any atom is 0.308 e. The molecule has 3 rings (SSSR count). The lowest BCUT2D eigenvalue weighted by atomic mass is 9.92. The lowest BCUT2D eigenvalue weighted by Gasteiger charge is -2.23. The van der Waals surface area contributed by atoms with Gasteiger partial charge >= 0.3 is 5.97 Å². The average Bonchev–Trinajstić information content (AvgIpc) is 2.78. The van der Waals surface area contributed by atoms with Crippen LogP contribution in [-0.4, -0.2) is 13.1 Å². The van der Waals surface area contributed by atoms with Crippen LogP contribution in [0.5, 0.6) is 17.2 Å². The first-order chi connectivity index (χ1) is 15.4. The summed E-state index contributed by atoms with van der Waals surface area (Å²) >= 11 is 0. The number of benzene rings is 3. The fourth-order valence-electron chi connectivity index (χ4n) is 3.88. The zero-order chi connectivity index (χ0) is 23.1. The Hall–Kier alpha value is -3.27. The van der Waals surface area contributed by atoms with Crippen LogP contribution in [-0.2, 0) is 4.79 Å². The molecule has 0 amide bonds. The molecule has 0 heterocycles. The zero-order valence-corrected chi connectivity index (χ0v) is 19.6. The highest BCUT2D eigenvalue weighted by Crippen LogP contribution is 2.35. The molecule has 3 aromatic carbocycles. The van der Waals surface area contributed by atoms with Crippen LogP contribution in [0, 0.1) is 13.8 Å². The second-order valence-corrected chi connectivity index (χ2v) is 8.02. The molecule has 0 spiro atoms. The minimum Gasteiger partial charge on any atom is -0.497 e. The van der Waals surface area contributed by atoms with E-state index in [-0.39, 0.29) is 12.1 Å². The van der Waals surface area contributed by atoms with E-state index in [1.165, 1.54) is 23.6 Å². The van der Waals surface area contributed by atoms with Crippen molar-refractivity contribution in [1.29, 1.82) is 0 Å². The van der Waals surface area contributed by atoms with E-state index in [0.29, 0.717) is 5.75 Å². The number of methoxy groups -OCH3 is 1. The van der Waals surface area contributed by atoms with Crippen molar-refractivity contribution in [2.45, 2.75) is 53.1 Å². The van der Waals surface area contributed by atoms with Crippen LogP contribution in [0.15, 0.2) is 60.7 Å². The smallest absolute Gasteiger partial charge is 0.308 e. The zero-order valence-electron chi connectivity index (χ0n) is 19.6. The Bertz CT molecular complexity index is 1050.